The highest BCUT2D eigenvalue weighted by Gasteiger charge is 2.58. The maximum Gasteiger partial charge on any atom is 0.305 e. The Hall–Kier alpha value is -2.29. The van der Waals surface area contributed by atoms with Crippen molar-refractivity contribution in [3.8, 4) is 23.0 Å². The average Bonchev–Trinajstić information content (AvgIpc) is 3.57. The fourth-order valence-electron chi connectivity index (χ4n) is 12.1. The summed E-state index contributed by atoms with van der Waals surface area (Å²) in [7, 11) is 0. The lowest BCUT2D eigenvalue weighted by Crippen LogP contribution is -2.46. The van der Waals surface area contributed by atoms with Crippen molar-refractivity contribution >= 4 is 11.4 Å². The van der Waals surface area contributed by atoms with Crippen LogP contribution in [-0.4, -0.2) is 39.8 Å². The van der Waals surface area contributed by atoms with Gasteiger partial charge in [-0.2, -0.15) is 4.21 Å². The molecule has 0 heterocycles. The molecule has 10 atom stereocenters. The summed E-state index contributed by atoms with van der Waals surface area (Å²) in [5.74, 6) is 4.84. The molecule has 48 heavy (non-hydrogen) atoms. The van der Waals surface area contributed by atoms with E-state index in [0.29, 0.717) is 60.2 Å². The summed E-state index contributed by atoms with van der Waals surface area (Å²) in [6.45, 7) is 9.75. The normalized spacial score (nSPS) is 37.9. The molecule has 8 heteroatoms. The van der Waals surface area contributed by atoms with Gasteiger partial charge in [-0.3, -0.25) is 8.37 Å². The highest BCUT2D eigenvalue weighted by molar-refractivity contribution is 7.75. The highest BCUT2D eigenvalue weighted by atomic mass is 32.2. The van der Waals surface area contributed by atoms with Crippen molar-refractivity contribution in [2.75, 3.05) is 13.2 Å². The Bertz CT molecular complexity index is 1460. The summed E-state index contributed by atoms with van der Waals surface area (Å²) >= 11 is -1.78. The van der Waals surface area contributed by atoms with Crippen LogP contribution in [0.5, 0.6) is 23.0 Å². The fourth-order valence-corrected chi connectivity index (χ4v) is 13.2. The molecule has 6 aliphatic carbocycles. The lowest BCUT2D eigenvalue weighted by Gasteiger charge is -2.51. The summed E-state index contributed by atoms with van der Waals surface area (Å²) in [6, 6.07) is 8.08. The van der Waals surface area contributed by atoms with Crippen LogP contribution < -0.4 is 9.47 Å². The van der Waals surface area contributed by atoms with Crippen LogP contribution in [0.25, 0.3) is 0 Å². The number of hydrogen-bond acceptors (Lipinski definition) is 7. The van der Waals surface area contributed by atoms with Crippen LogP contribution in [0.15, 0.2) is 24.3 Å². The van der Waals surface area contributed by atoms with Crippen LogP contribution in [0.2, 0.25) is 0 Å². The number of aryl methyl sites for hydroxylation is 2. The van der Waals surface area contributed by atoms with Crippen molar-refractivity contribution < 1.29 is 32.3 Å². The van der Waals surface area contributed by atoms with Crippen LogP contribution in [0.3, 0.4) is 0 Å². The number of rotatable bonds is 8. The van der Waals surface area contributed by atoms with E-state index >= 15 is 0 Å². The van der Waals surface area contributed by atoms with Crippen molar-refractivity contribution in [2.24, 2.45) is 34.5 Å². The van der Waals surface area contributed by atoms with Crippen LogP contribution in [-0.2, 0) is 32.6 Å². The monoisotopic (exact) mass is 678 g/mol. The van der Waals surface area contributed by atoms with Gasteiger partial charge in [-0.1, -0.05) is 13.8 Å². The molecular formula is C40H54O7S. The molecule has 6 aliphatic rings. The van der Waals surface area contributed by atoms with E-state index in [9.17, 15) is 14.4 Å². The molecule has 0 radical (unpaired) electrons. The Balaban J connectivity index is 0.930. The van der Waals surface area contributed by atoms with Gasteiger partial charge in [-0.25, -0.2) is 0 Å². The summed E-state index contributed by atoms with van der Waals surface area (Å²) < 4.78 is 38.2. The third-order valence-corrected chi connectivity index (χ3v) is 15.2. The maximum absolute atomic E-state index is 13.7. The van der Waals surface area contributed by atoms with Crippen LogP contribution in [0, 0.1) is 34.5 Å². The average molecular weight is 679 g/mol. The predicted molar refractivity (Wildman–Crippen MR) is 186 cm³/mol. The largest absolute Gasteiger partial charge is 0.504 e. The van der Waals surface area contributed by atoms with E-state index < -0.39 is 11.4 Å². The molecule has 2 aromatic rings. The van der Waals surface area contributed by atoms with Crippen molar-refractivity contribution in [3.05, 3.63) is 46.5 Å². The number of ether oxygens (including phenoxy) is 2. The quantitative estimate of drug-likeness (QED) is 0.289. The molecule has 2 aromatic carbocycles. The first-order valence-corrected chi connectivity index (χ1v) is 19.9. The van der Waals surface area contributed by atoms with Gasteiger partial charge in [-0.15, -0.1) is 0 Å². The molecule has 2 N–H and O–H groups in total. The van der Waals surface area contributed by atoms with Gasteiger partial charge in [-0.05, 0) is 184 Å². The SMILES string of the molecule is CCOc1cc2c(cc1O)CC[C@@H]1[C@@H]2CC[C@]2(C)[C@@H](OS(=O)O[C@H]3CC[C@H]4[C@@H]5CCc6cc(O)c(OCC)cc6[C@H]5CC[C@]34C)CC[C@@H]12. The molecule has 0 aromatic heterocycles. The molecule has 0 spiro atoms. The molecule has 4 fully saturated rings. The first-order chi connectivity index (χ1) is 23.1. The number of benzene rings is 2. The minimum Gasteiger partial charge on any atom is -0.504 e. The van der Waals surface area contributed by atoms with Crippen molar-refractivity contribution in [1.29, 1.82) is 0 Å². The van der Waals surface area contributed by atoms with E-state index in [1.54, 1.807) is 0 Å². The number of fused-ring (bicyclic) bond motifs is 10. The molecular weight excluding hydrogens is 624 g/mol. The summed E-state index contributed by atoms with van der Waals surface area (Å²) in [4.78, 5) is 0. The second kappa shape index (κ2) is 12.5. The molecule has 0 aliphatic heterocycles. The van der Waals surface area contributed by atoms with Gasteiger partial charge in [0.05, 0.1) is 25.4 Å². The van der Waals surface area contributed by atoms with E-state index in [2.05, 4.69) is 26.0 Å². The zero-order valence-electron chi connectivity index (χ0n) is 29.2. The zero-order valence-corrected chi connectivity index (χ0v) is 30.0. The molecule has 8 rings (SSSR count). The number of phenolic OH excluding ortho intramolecular Hbond substituents is 2. The van der Waals surface area contributed by atoms with Crippen molar-refractivity contribution in [1.82, 2.24) is 0 Å². The van der Waals surface area contributed by atoms with Crippen LogP contribution in [0.4, 0.5) is 0 Å². The molecule has 7 nitrogen and oxygen atoms in total. The molecule has 0 amide bonds. The van der Waals surface area contributed by atoms with Crippen molar-refractivity contribution in [3.63, 3.8) is 0 Å². The van der Waals surface area contributed by atoms with Gasteiger partial charge >= 0.3 is 11.4 Å². The van der Waals surface area contributed by atoms with Gasteiger partial charge in [0.2, 0.25) is 0 Å². The second-order valence-corrected chi connectivity index (χ2v) is 17.1. The summed E-state index contributed by atoms with van der Waals surface area (Å²) in [5.41, 5.74) is 5.23. The van der Waals surface area contributed by atoms with E-state index in [0.717, 1.165) is 77.0 Å². The van der Waals surface area contributed by atoms with Gasteiger partial charge in [0.25, 0.3) is 0 Å². The topological polar surface area (TPSA) is 94.5 Å². The van der Waals surface area contributed by atoms with E-state index in [-0.39, 0.29) is 34.5 Å². The molecule has 262 valence electrons. The van der Waals surface area contributed by atoms with Crippen molar-refractivity contribution in [2.45, 2.75) is 129 Å². The lowest BCUT2D eigenvalue weighted by molar-refractivity contribution is -0.0294. The highest BCUT2D eigenvalue weighted by Crippen LogP contribution is 2.64. The van der Waals surface area contributed by atoms with E-state index in [4.69, 9.17) is 17.8 Å². The van der Waals surface area contributed by atoms with E-state index in [1.165, 1.54) is 22.3 Å². The molecule has 0 unspecified atom stereocenters. The van der Waals surface area contributed by atoms with Gasteiger partial charge in [0.15, 0.2) is 23.0 Å². The minimum absolute atomic E-state index is 0.0121. The standard InChI is InChI=1S/C40H54O7S/c1-5-44-35-21-29-23(19-33(35)41)7-9-27-25(29)15-17-39(3)31(27)11-13-37(39)46-48(43)47-38-14-12-32-28-10-8-24-20-34(42)36(45-6-2)22-30(24)26(28)16-18-40(32,38)4/h19-22,25-28,31-32,37-38,41-42H,5-18H2,1-4H3/t25-,26-,27+,28+,31-,32-,37-,38-,39-,40-/m0/s1. The Morgan fingerprint density at radius 3 is 1.52 bits per heavy atom. The maximum atomic E-state index is 13.7. The molecule has 0 bridgehead atoms. The second-order valence-electron chi connectivity index (χ2n) is 16.4. The van der Waals surface area contributed by atoms with Gasteiger partial charge < -0.3 is 19.7 Å². The van der Waals surface area contributed by atoms with Crippen LogP contribution >= 0.6 is 0 Å². The van der Waals surface area contributed by atoms with E-state index in [1.807, 2.05) is 26.0 Å². The van der Waals surface area contributed by atoms with Gasteiger partial charge in [0, 0.05) is 0 Å². The number of aromatic hydroxyl groups is 2. The molecule has 0 saturated heterocycles. The Morgan fingerprint density at radius 2 is 1.10 bits per heavy atom. The summed E-state index contributed by atoms with van der Waals surface area (Å²) in [6.07, 6.45) is 12.4. The first-order valence-electron chi connectivity index (χ1n) is 18.9. The van der Waals surface area contributed by atoms with Gasteiger partial charge in [0.1, 0.15) is 0 Å². The molecule has 4 saturated carbocycles. The third-order valence-electron chi connectivity index (χ3n) is 14.4. The summed E-state index contributed by atoms with van der Waals surface area (Å²) in [5, 5.41) is 21.0. The zero-order chi connectivity index (χ0) is 33.4. The predicted octanol–water partition coefficient (Wildman–Crippen LogP) is 8.66. The Kier molecular flexibility index (Phi) is 8.56. The first kappa shape index (κ1) is 32.9. The Labute approximate surface area is 289 Å². The van der Waals surface area contributed by atoms with Crippen LogP contribution in [0.1, 0.15) is 126 Å². The minimum atomic E-state index is -1.78. The number of phenols is 2. The number of hydrogen-bond donors (Lipinski definition) is 2. The smallest absolute Gasteiger partial charge is 0.305 e. The fraction of sp³-hybridized carbons (Fsp3) is 0.700. The Morgan fingerprint density at radius 1 is 0.667 bits per heavy atom. The lowest BCUT2D eigenvalue weighted by atomic mass is 9.55. The third kappa shape index (κ3) is 5.21.